The molecule has 3 aromatic rings. The van der Waals surface area contributed by atoms with Gasteiger partial charge in [0.2, 0.25) is 6.79 Å². The Kier molecular flexibility index (Phi) is 5.29. The largest absolute Gasteiger partial charge is 0.454 e. The zero-order chi connectivity index (χ0) is 20.4. The number of amides is 2. The molecular formula is C21H14Cl2N2O4. The first-order valence-electron chi connectivity index (χ1n) is 8.57. The zero-order valence-electron chi connectivity index (χ0n) is 14.9. The minimum absolute atomic E-state index is 0.139. The number of benzene rings is 3. The summed E-state index contributed by atoms with van der Waals surface area (Å²) in [5.74, 6) is 0.434. The SMILES string of the molecule is O=C(Nc1cccc(NC(=O)c2ccc(Cl)cc2Cl)c1)c1ccc2c(c1)OCO2. The number of anilines is 2. The molecule has 0 bridgehead atoms. The molecule has 1 aliphatic rings. The molecule has 0 spiro atoms. The summed E-state index contributed by atoms with van der Waals surface area (Å²) in [5.41, 5.74) is 1.75. The highest BCUT2D eigenvalue weighted by Gasteiger charge is 2.17. The minimum Gasteiger partial charge on any atom is -0.454 e. The van der Waals surface area contributed by atoms with Gasteiger partial charge in [-0.3, -0.25) is 9.59 Å². The quantitative estimate of drug-likeness (QED) is 0.596. The normalized spacial score (nSPS) is 11.8. The van der Waals surface area contributed by atoms with E-state index in [0.29, 0.717) is 39.0 Å². The van der Waals surface area contributed by atoms with E-state index in [1.54, 1.807) is 54.6 Å². The molecule has 0 radical (unpaired) electrons. The van der Waals surface area contributed by atoms with E-state index in [4.69, 9.17) is 32.7 Å². The number of carbonyl (C=O) groups excluding carboxylic acids is 2. The van der Waals surface area contributed by atoms with Gasteiger partial charge >= 0.3 is 0 Å². The average Bonchev–Trinajstić information content (AvgIpc) is 3.16. The van der Waals surface area contributed by atoms with E-state index in [-0.39, 0.29) is 23.6 Å². The van der Waals surface area contributed by atoms with Crippen LogP contribution in [-0.4, -0.2) is 18.6 Å². The van der Waals surface area contributed by atoms with Crippen molar-refractivity contribution in [3.8, 4) is 11.5 Å². The van der Waals surface area contributed by atoms with Gasteiger partial charge in [0.05, 0.1) is 10.6 Å². The van der Waals surface area contributed by atoms with Gasteiger partial charge < -0.3 is 20.1 Å². The highest BCUT2D eigenvalue weighted by molar-refractivity contribution is 6.37. The van der Waals surface area contributed by atoms with Gasteiger partial charge in [-0.25, -0.2) is 0 Å². The third kappa shape index (κ3) is 4.29. The topological polar surface area (TPSA) is 76.7 Å². The minimum atomic E-state index is -0.383. The molecule has 0 unspecified atom stereocenters. The third-order valence-electron chi connectivity index (χ3n) is 4.19. The summed E-state index contributed by atoms with van der Waals surface area (Å²) in [7, 11) is 0. The highest BCUT2D eigenvalue weighted by Crippen LogP contribution is 2.32. The van der Waals surface area contributed by atoms with Crippen molar-refractivity contribution in [3.63, 3.8) is 0 Å². The molecule has 6 nitrogen and oxygen atoms in total. The van der Waals surface area contributed by atoms with Crippen LogP contribution in [0.4, 0.5) is 11.4 Å². The van der Waals surface area contributed by atoms with Crippen molar-refractivity contribution in [1.82, 2.24) is 0 Å². The molecule has 0 atom stereocenters. The molecule has 146 valence electrons. The Morgan fingerprint density at radius 3 is 2.28 bits per heavy atom. The Bertz CT molecular complexity index is 1120. The van der Waals surface area contributed by atoms with Gasteiger partial charge in [-0.1, -0.05) is 29.3 Å². The maximum Gasteiger partial charge on any atom is 0.257 e. The predicted octanol–water partition coefficient (Wildman–Crippen LogP) is 5.23. The van der Waals surface area contributed by atoms with Gasteiger partial charge in [-0.05, 0) is 54.6 Å². The molecule has 2 N–H and O–H groups in total. The lowest BCUT2D eigenvalue weighted by atomic mass is 10.1. The molecule has 2 amide bonds. The lowest BCUT2D eigenvalue weighted by molar-refractivity contribution is 0.101. The van der Waals surface area contributed by atoms with Crippen LogP contribution in [-0.2, 0) is 0 Å². The summed E-state index contributed by atoms with van der Waals surface area (Å²) >= 11 is 11.9. The molecule has 3 aromatic carbocycles. The molecule has 0 saturated carbocycles. The van der Waals surface area contributed by atoms with E-state index in [9.17, 15) is 9.59 Å². The van der Waals surface area contributed by atoms with E-state index in [2.05, 4.69) is 10.6 Å². The Morgan fingerprint density at radius 1 is 0.793 bits per heavy atom. The number of ether oxygens (including phenoxy) is 2. The first kappa shape index (κ1) is 19.1. The van der Waals surface area contributed by atoms with Crippen molar-refractivity contribution in [3.05, 3.63) is 81.8 Å². The number of nitrogens with one attached hydrogen (secondary N) is 2. The van der Waals surface area contributed by atoms with Crippen molar-refractivity contribution < 1.29 is 19.1 Å². The van der Waals surface area contributed by atoms with Crippen molar-refractivity contribution >= 4 is 46.4 Å². The second kappa shape index (κ2) is 8.03. The Labute approximate surface area is 176 Å². The molecule has 0 fully saturated rings. The Hall–Kier alpha value is -3.22. The maximum absolute atomic E-state index is 12.5. The third-order valence-corrected chi connectivity index (χ3v) is 4.74. The molecule has 8 heteroatoms. The van der Waals surface area contributed by atoms with Crippen LogP contribution in [0.15, 0.2) is 60.7 Å². The van der Waals surface area contributed by atoms with E-state index >= 15 is 0 Å². The smallest absolute Gasteiger partial charge is 0.257 e. The fourth-order valence-corrected chi connectivity index (χ4v) is 3.28. The lowest BCUT2D eigenvalue weighted by Crippen LogP contribution is -2.14. The van der Waals surface area contributed by atoms with Crippen LogP contribution in [0, 0.1) is 0 Å². The summed E-state index contributed by atoms with van der Waals surface area (Å²) in [6.07, 6.45) is 0. The summed E-state index contributed by atoms with van der Waals surface area (Å²) in [6, 6.07) is 16.4. The van der Waals surface area contributed by atoms with Gasteiger partial charge in [0.25, 0.3) is 11.8 Å². The summed E-state index contributed by atoms with van der Waals surface area (Å²) in [5, 5.41) is 6.24. The van der Waals surface area contributed by atoms with Crippen molar-refractivity contribution in [2.45, 2.75) is 0 Å². The molecule has 1 aliphatic heterocycles. The van der Waals surface area contributed by atoms with Gasteiger partial charge in [0.1, 0.15) is 0 Å². The van der Waals surface area contributed by atoms with Gasteiger partial charge in [-0.15, -0.1) is 0 Å². The number of rotatable bonds is 4. The number of carbonyl (C=O) groups is 2. The van der Waals surface area contributed by atoms with E-state index in [1.165, 1.54) is 6.07 Å². The van der Waals surface area contributed by atoms with E-state index in [1.807, 2.05) is 0 Å². The van der Waals surface area contributed by atoms with Crippen molar-refractivity contribution in [1.29, 1.82) is 0 Å². The number of fused-ring (bicyclic) bond motifs is 1. The lowest BCUT2D eigenvalue weighted by Gasteiger charge is -2.10. The van der Waals surface area contributed by atoms with Crippen LogP contribution in [0.25, 0.3) is 0 Å². The first-order valence-corrected chi connectivity index (χ1v) is 9.33. The number of hydrogen-bond acceptors (Lipinski definition) is 4. The Morgan fingerprint density at radius 2 is 1.52 bits per heavy atom. The van der Waals surface area contributed by atoms with Crippen molar-refractivity contribution in [2.75, 3.05) is 17.4 Å². The van der Waals surface area contributed by atoms with Crippen LogP contribution in [0.3, 0.4) is 0 Å². The average molecular weight is 429 g/mol. The maximum atomic E-state index is 12.5. The molecule has 4 rings (SSSR count). The fourth-order valence-electron chi connectivity index (χ4n) is 2.79. The molecule has 29 heavy (non-hydrogen) atoms. The molecule has 0 saturated heterocycles. The van der Waals surface area contributed by atoms with Crippen molar-refractivity contribution in [2.24, 2.45) is 0 Å². The molecule has 0 aliphatic carbocycles. The van der Waals surface area contributed by atoms with E-state index in [0.717, 1.165) is 0 Å². The summed E-state index contributed by atoms with van der Waals surface area (Å²) < 4.78 is 10.5. The van der Waals surface area contributed by atoms with Crippen LogP contribution < -0.4 is 20.1 Å². The monoisotopic (exact) mass is 428 g/mol. The molecule has 1 heterocycles. The Balaban J connectivity index is 1.47. The predicted molar refractivity (Wildman–Crippen MR) is 111 cm³/mol. The molecular weight excluding hydrogens is 415 g/mol. The zero-order valence-corrected chi connectivity index (χ0v) is 16.4. The van der Waals surface area contributed by atoms with Gasteiger partial charge in [0, 0.05) is 22.0 Å². The van der Waals surface area contributed by atoms with E-state index < -0.39 is 0 Å². The van der Waals surface area contributed by atoms with Crippen LogP contribution >= 0.6 is 23.2 Å². The van der Waals surface area contributed by atoms with Gasteiger partial charge in [0.15, 0.2) is 11.5 Å². The summed E-state index contributed by atoms with van der Waals surface area (Å²) in [6.45, 7) is 0.139. The van der Waals surface area contributed by atoms with Gasteiger partial charge in [-0.2, -0.15) is 0 Å². The standard InChI is InChI=1S/C21H14Cl2N2O4/c22-13-5-6-16(17(23)9-13)21(27)25-15-3-1-2-14(10-15)24-20(26)12-4-7-18-19(8-12)29-11-28-18/h1-10H,11H2,(H,24,26)(H,25,27). The summed E-state index contributed by atoms with van der Waals surface area (Å²) in [4.78, 5) is 25.0. The number of halogens is 2. The first-order chi connectivity index (χ1) is 14.0. The highest BCUT2D eigenvalue weighted by atomic mass is 35.5. The van der Waals surface area contributed by atoms with Crippen LogP contribution in [0.2, 0.25) is 10.0 Å². The second-order valence-corrected chi connectivity index (χ2v) is 7.02. The molecule has 0 aromatic heterocycles. The van der Waals surface area contributed by atoms with Crippen LogP contribution in [0.1, 0.15) is 20.7 Å². The van der Waals surface area contributed by atoms with Crippen LogP contribution in [0.5, 0.6) is 11.5 Å². The second-order valence-electron chi connectivity index (χ2n) is 6.18. The number of hydrogen-bond donors (Lipinski definition) is 2. The fraction of sp³-hybridized carbons (Fsp3) is 0.0476.